The summed E-state index contributed by atoms with van der Waals surface area (Å²) in [6, 6.07) is 12.4. The maximum absolute atomic E-state index is 12.4. The zero-order chi connectivity index (χ0) is 17.9. The van der Waals surface area contributed by atoms with Gasteiger partial charge < -0.3 is 0 Å². The molecule has 0 amide bonds. The fourth-order valence-electron chi connectivity index (χ4n) is 2.61. The molecule has 0 aliphatic carbocycles. The molecule has 2 aromatic carbocycles. The number of hydrogen-bond donors (Lipinski definition) is 0. The first-order chi connectivity index (χ1) is 12.0. The van der Waals surface area contributed by atoms with Gasteiger partial charge in [0.05, 0.1) is 15.5 Å². The van der Waals surface area contributed by atoms with Crippen molar-refractivity contribution < 1.29 is 13.3 Å². The van der Waals surface area contributed by atoms with E-state index in [1.165, 1.54) is 16.4 Å². The quantitative estimate of drug-likeness (QED) is 0.466. The SMILES string of the molecule is O=[N+]([O-])c1ccc(C=Nc2ccc(S(=O)(=O)N3CCCC3)cc2)cc1. The van der Waals surface area contributed by atoms with Gasteiger partial charge in [-0.05, 0) is 54.8 Å². The minimum absolute atomic E-state index is 0.0219. The molecule has 8 heteroatoms. The first-order valence-electron chi connectivity index (χ1n) is 7.85. The van der Waals surface area contributed by atoms with Gasteiger partial charge in [-0.25, -0.2) is 8.42 Å². The average molecular weight is 359 g/mol. The Morgan fingerprint density at radius 1 is 1.00 bits per heavy atom. The molecule has 25 heavy (non-hydrogen) atoms. The van der Waals surface area contributed by atoms with Crippen LogP contribution in [0, 0.1) is 10.1 Å². The second-order valence-electron chi connectivity index (χ2n) is 5.71. The third-order valence-corrected chi connectivity index (χ3v) is 5.92. The molecule has 1 fully saturated rings. The van der Waals surface area contributed by atoms with Gasteiger partial charge in [0, 0.05) is 31.4 Å². The maximum Gasteiger partial charge on any atom is 0.269 e. The number of benzene rings is 2. The Bertz CT molecular complexity index is 884. The molecule has 0 radical (unpaired) electrons. The lowest BCUT2D eigenvalue weighted by atomic mass is 10.2. The normalized spacial score (nSPS) is 15.7. The highest BCUT2D eigenvalue weighted by Gasteiger charge is 2.26. The largest absolute Gasteiger partial charge is 0.269 e. The second-order valence-corrected chi connectivity index (χ2v) is 7.65. The third kappa shape index (κ3) is 3.92. The highest BCUT2D eigenvalue weighted by atomic mass is 32.2. The van der Waals surface area contributed by atoms with E-state index in [0.29, 0.717) is 18.8 Å². The van der Waals surface area contributed by atoms with Crippen LogP contribution in [0.1, 0.15) is 18.4 Å². The summed E-state index contributed by atoms with van der Waals surface area (Å²) in [5.41, 5.74) is 1.35. The molecule has 0 unspecified atom stereocenters. The molecular weight excluding hydrogens is 342 g/mol. The Morgan fingerprint density at radius 3 is 2.16 bits per heavy atom. The van der Waals surface area contributed by atoms with Gasteiger partial charge >= 0.3 is 0 Å². The van der Waals surface area contributed by atoms with Crippen molar-refractivity contribution in [3.8, 4) is 0 Å². The van der Waals surface area contributed by atoms with Gasteiger partial charge in [0.1, 0.15) is 0 Å². The summed E-state index contributed by atoms with van der Waals surface area (Å²) in [5.74, 6) is 0. The van der Waals surface area contributed by atoms with E-state index in [0.717, 1.165) is 18.4 Å². The highest BCUT2D eigenvalue weighted by Crippen LogP contribution is 2.23. The molecule has 130 valence electrons. The average Bonchev–Trinajstić information content (AvgIpc) is 3.16. The predicted octanol–water partition coefficient (Wildman–Crippen LogP) is 3.13. The molecule has 0 spiro atoms. The van der Waals surface area contributed by atoms with Crippen molar-refractivity contribution in [2.45, 2.75) is 17.7 Å². The summed E-state index contributed by atoms with van der Waals surface area (Å²) in [4.78, 5) is 14.7. The first-order valence-corrected chi connectivity index (χ1v) is 9.29. The maximum atomic E-state index is 12.4. The van der Waals surface area contributed by atoms with E-state index >= 15 is 0 Å². The summed E-state index contributed by atoms with van der Waals surface area (Å²) in [6.45, 7) is 1.14. The monoisotopic (exact) mass is 359 g/mol. The van der Waals surface area contributed by atoms with Crippen molar-refractivity contribution >= 4 is 27.6 Å². The van der Waals surface area contributed by atoms with Crippen LogP contribution in [-0.4, -0.2) is 37.0 Å². The predicted molar refractivity (Wildman–Crippen MR) is 94.8 cm³/mol. The molecule has 0 atom stereocenters. The van der Waals surface area contributed by atoms with E-state index < -0.39 is 14.9 Å². The van der Waals surface area contributed by atoms with Crippen LogP contribution in [0.4, 0.5) is 11.4 Å². The second kappa shape index (κ2) is 7.12. The van der Waals surface area contributed by atoms with Crippen LogP contribution in [-0.2, 0) is 10.0 Å². The van der Waals surface area contributed by atoms with Crippen LogP contribution in [0.25, 0.3) is 0 Å². The lowest BCUT2D eigenvalue weighted by molar-refractivity contribution is -0.384. The smallest absolute Gasteiger partial charge is 0.258 e. The number of sulfonamides is 1. The van der Waals surface area contributed by atoms with E-state index in [2.05, 4.69) is 4.99 Å². The lowest BCUT2D eigenvalue weighted by Gasteiger charge is -2.15. The van der Waals surface area contributed by atoms with Gasteiger partial charge in [0.15, 0.2) is 0 Å². The number of nitro groups is 1. The number of rotatable bonds is 5. The highest BCUT2D eigenvalue weighted by molar-refractivity contribution is 7.89. The lowest BCUT2D eigenvalue weighted by Crippen LogP contribution is -2.27. The minimum Gasteiger partial charge on any atom is -0.258 e. The Morgan fingerprint density at radius 2 is 1.60 bits per heavy atom. The fraction of sp³-hybridized carbons (Fsp3) is 0.235. The van der Waals surface area contributed by atoms with E-state index in [1.54, 1.807) is 42.6 Å². The summed E-state index contributed by atoms with van der Waals surface area (Å²) in [5, 5.41) is 10.6. The molecule has 1 heterocycles. The van der Waals surface area contributed by atoms with Gasteiger partial charge in [0.25, 0.3) is 5.69 Å². The first kappa shape index (κ1) is 17.2. The minimum atomic E-state index is -3.42. The number of nitro benzene ring substituents is 1. The van der Waals surface area contributed by atoms with E-state index in [4.69, 9.17) is 0 Å². The molecule has 0 bridgehead atoms. The van der Waals surface area contributed by atoms with Gasteiger partial charge in [-0.2, -0.15) is 4.31 Å². The van der Waals surface area contributed by atoms with E-state index in [1.807, 2.05) is 0 Å². The molecule has 1 aliphatic heterocycles. The van der Waals surface area contributed by atoms with Crippen molar-refractivity contribution in [3.05, 3.63) is 64.2 Å². The number of hydrogen-bond acceptors (Lipinski definition) is 5. The third-order valence-electron chi connectivity index (χ3n) is 4.01. The van der Waals surface area contributed by atoms with Crippen LogP contribution >= 0.6 is 0 Å². The summed E-state index contributed by atoms with van der Waals surface area (Å²) >= 11 is 0. The number of aliphatic imine (C=N–C) groups is 1. The Hall–Kier alpha value is -2.58. The van der Waals surface area contributed by atoms with E-state index in [9.17, 15) is 18.5 Å². The molecule has 3 rings (SSSR count). The van der Waals surface area contributed by atoms with Crippen LogP contribution in [0.3, 0.4) is 0 Å². The van der Waals surface area contributed by atoms with Crippen LogP contribution < -0.4 is 0 Å². The van der Waals surface area contributed by atoms with Crippen molar-refractivity contribution in [2.24, 2.45) is 4.99 Å². The summed E-state index contributed by atoms with van der Waals surface area (Å²) in [6.07, 6.45) is 3.38. The molecule has 0 saturated carbocycles. The van der Waals surface area contributed by atoms with Crippen molar-refractivity contribution in [3.63, 3.8) is 0 Å². The Balaban J connectivity index is 1.73. The molecule has 7 nitrogen and oxygen atoms in total. The number of nitrogens with zero attached hydrogens (tertiary/aromatic N) is 3. The van der Waals surface area contributed by atoms with Crippen LogP contribution in [0.5, 0.6) is 0 Å². The van der Waals surface area contributed by atoms with Gasteiger partial charge in [-0.3, -0.25) is 15.1 Å². The molecule has 0 aromatic heterocycles. The standard InChI is InChI=1S/C17H17N3O4S/c21-20(22)16-7-3-14(4-8-16)13-18-15-5-9-17(10-6-15)25(23,24)19-11-1-2-12-19/h3-10,13H,1-2,11-12H2. The molecule has 2 aromatic rings. The molecule has 1 aliphatic rings. The zero-order valence-electron chi connectivity index (χ0n) is 13.4. The zero-order valence-corrected chi connectivity index (χ0v) is 14.2. The Labute approximate surface area is 145 Å². The van der Waals surface area contributed by atoms with E-state index in [-0.39, 0.29) is 10.6 Å². The van der Waals surface area contributed by atoms with Crippen molar-refractivity contribution in [2.75, 3.05) is 13.1 Å². The van der Waals surface area contributed by atoms with Crippen LogP contribution in [0.15, 0.2) is 58.4 Å². The molecule has 0 N–H and O–H groups in total. The fourth-order valence-corrected chi connectivity index (χ4v) is 4.13. The van der Waals surface area contributed by atoms with Crippen LogP contribution in [0.2, 0.25) is 0 Å². The Kier molecular flexibility index (Phi) is 4.91. The number of non-ortho nitro benzene ring substituents is 1. The summed E-state index contributed by atoms with van der Waals surface area (Å²) < 4.78 is 26.4. The van der Waals surface area contributed by atoms with Gasteiger partial charge in [-0.1, -0.05) is 0 Å². The molecule has 1 saturated heterocycles. The topological polar surface area (TPSA) is 92.9 Å². The summed E-state index contributed by atoms with van der Waals surface area (Å²) in [7, 11) is -3.42. The van der Waals surface area contributed by atoms with Crippen molar-refractivity contribution in [1.29, 1.82) is 0 Å². The van der Waals surface area contributed by atoms with Crippen molar-refractivity contribution in [1.82, 2.24) is 4.31 Å². The van der Waals surface area contributed by atoms with Gasteiger partial charge in [0.2, 0.25) is 10.0 Å². The molecular formula is C17H17N3O4S. The van der Waals surface area contributed by atoms with Gasteiger partial charge in [-0.15, -0.1) is 0 Å².